The molecule has 0 saturated carbocycles. The number of ketones is 1. The van der Waals surface area contributed by atoms with Gasteiger partial charge >= 0.3 is 17.9 Å². The van der Waals surface area contributed by atoms with Crippen LogP contribution < -0.4 is 0 Å². The van der Waals surface area contributed by atoms with Crippen molar-refractivity contribution in [2.24, 2.45) is 0 Å². The highest BCUT2D eigenvalue weighted by Crippen LogP contribution is 2.18. The fraction of sp³-hybridized carbons (Fsp3) is 0.407. The van der Waals surface area contributed by atoms with Crippen LogP contribution in [0, 0.1) is 0 Å². The van der Waals surface area contributed by atoms with E-state index < -0.39 is 17.9 Å². The molecule has 2 rings (SSSR count). The molecule has 0 bridgehead atoms. The maximum atomic E-state index is 11.6. The van der Waals surface area contributed by atoms with Crippen LogP contribution in [0.2, 0.25) is 0 Å². The molecule has 0 aromatic heterocycles. The molecule has 9 heteroatoms. The minimum atomic E-state index is -1.07. The van der Waals surface area contributed by atoms with Crippen molar-refractivity contribution in [3.63, 3.8) is 0 Å². The molecule has 0 fully saturated rings. The van der Waals surface area contributed by atoms with Gasteiger partial charge in [0.05, 0.1) is 26.2 Å². The Morgan fingerprint density at radius 3 is 1.25 bits per heavy atom. The quantitative estimate of drug-likeness (QED) is 0.281. The van der Waals surface area contributed by atoms with Crippen LogP contribution in [0.1, 0.15) is 42.0 Å². The predicted octanol–water partition coefficient (Wildman–Crippen LogP) is 2.70. The Bertz CT molecular complexity index is 938. The molecule has 0 atom stereocenters. The Morgan fingerprint density at radius 2 is 0.917 bits per heavy atom. The number of rotatable bonds is 17. The topological polar surface area (TPSA) is 135 Å². The Labute approximate surface area is 211 Å². The zero-order chi connectivity index (χ0) is 26.5. The van der Waals surface area contributed by atoms with Gasteiger partial charge in [-0.25, -0.2) is 0 Å². The van der Waals surface area contributed by atoms with E-state index in [0.717, 1.165) is 47.9 Å². The molecule has 2 aromatic carbocycles. The van der Waals surface area contributed by atoms with Gasteiger partial charge in [-0.05, 0) is 54.9 Å². The molecule has 0 amide bonds. The number of unbranched alkanes of at least 4 members (excludes halogenated alkanes) is 1. The largest absolute Gasteiger partial charge is 0.480 e. The summed E-state index contributed by atoms with van der Waals surface area (Å²) < 4.78 is 0. The number of carbonyl (C=O) groups excluding carboxylic acids is 1. The SMILES string of the molecule is CC(=O)CN(CC(=O)O)Cc1ccccc1CCCCc1ccccc1CN(CC(=O)O)CC(=O)O. The molecule has 0 radical (unpaired) electrons. The third-order valence-electron chi connectivity index (χ3n) is 5.69. The number of hydrogen-bond acceptors (Lipinski definition) is 6. The highest BCUT2D eigenvalue weighted by Gasteiger charge is 2.16. The number of aliphatic carboxylic acids is 3. The minimum Gasteiger partial charge on any atom is -0.480 e. The van der Waals surface area contributed by atoms with Crippen molar-refractivity contribution < 1.29 is 34.5 Å². The number of hydrogen-bond donors (Lipinski definition) is 3. The van der Waals surface area contributed by atoms with Crippen LogP contribution >= 0.6 is 0 Å². The summed E-state index contributed by atoms with van der Waals surface area (Å²) in [6.07, 6.45) is 3.31. The highest BCUT2D eigenvalue weighted by atomic mass is 16.4. The summed E-state index contributed by atoms with van der Waals surface area (Å²) in [4.78, 5) is 48.0. The monoisotopic (exact) mass is 498 g/mol. The fourth-order valence-corrected chi connectivity index (χ4v) is 4.25. The van der Waals surface area contributed by atoms with Crippen molar-refractivity contribution in [1.82, 2.24) is 9.80 Å². The van der Waals surface area contributed by atoms with Gasteiger partial charge in [0.15, 0.2) is 0 Å². The van der Waals surface area contributed by atoms with Crippen molar-refractivity contribution in [1.29, 1.82) is 0 Å². The number of aryl methyl sites for hydroxylation is 2. The molecule has 0 spiro atoms. The summed E-state index contributed by atoms with van der Waals surface area (Å²) in [7, 11) is 0. The first-order valence-corrected chi connectivity index (χ1v) is 11.9. The third-order valence-corrected chi connectivity index (χ3v) is 5.69. The zero-order valence-electron chi connectivity index (χ0n) is 20.6. The van der Waals surface area contributed by atoms with Crippen LogP contribution in [-0.4, -0.2) is 75.0 Å². The lowest BCUT2D eigenvalue weighted by Gasteiger charge is -2.21. The van der Waals surface area contributed by atoms with Gasteiger partial charge in [-0.3, -0.25) is 29.0 Å². The van der Waals surface area contributed by atoms with Gasteiger partial charge in [0.2, 0.25) is 0 Å². The Kier molecular flexibility index (Phi) is 11.7. The van der Waals surface area contributed by atoms with Gasteiger partial charge in [0.25, 0.3) is 0 Å². The fourth-order valence-electron chi connectivity index (χ4n) is 4.25. The Hall–Kier alpha value is -3.56. The van der Waals surface area contributed by atoms with Crippen LogP contribution in [0.25, 0.3) is 0 Å². The van der Waals surface area contributed by atoms with Crippen LogP contribution in [0.5, 0.6) is 0 Å². The summed E-state index contributed by atoms with van der Waals surface area (Å²) in [6, 6.07) is 15.5. The number of benzene rings is 2. The highest BCUT2D eigenvalue weighted by molar-refractivity contribution is 5.78. The second-order valence-corrected chi connectivity index (χ2v) is 8.92. The molecule has 0 saturated heterocycles. The number of carboxylic acids is 3. The molecule has 0 unspecified atom stereocenters. The standard InChI is InChI=1S/C27H34N2O7/c1-20(30)14-28(17-25(31)32)15-23-12-6-4-10-21(23)8-2-3-9-22-11-5-7-13-24(22)16-29(18-26(33)34)19-27(35)36/h4-7,10-13H,2-3,8-9,14-19H2,1H3,(H,31,32)(H,33,34)(H,35,36). The van der Waals surface area contributed by atoms with Crippen LogP contribution in [-0.2, 0) is 45.1 Å². The molecule has 36 heavy (non-hydrogen) atoms. The van der Waals surface area contributed by atoms with Gasteiger partial charge in [-0.15, -0.1) is 0 Å². The molecule has 194 valence electrons. The van der Waals surface area contributed by atoms with Crippen LogP contribution in [0.15, 0.2) is 48.5 Å². The van der Waals surface area contributed by atoms with Gasteiger partial charge in [0.1, 0.15) is 5.78 Å². The number of carbonyl (C=O) groups is 4. The van der Waals surface area contributed by atoms with E-state index in [0.29, 0.717) is 6.54 Å². The maximum Gasteiger partial charge on any atom is 0.317 e. The average Bonchev–Trinajstić information content (AvgIpc) is 2.77. The smallest absolute Gasteiger partial charge is 0.317 e. The van der Waals surface area contributed by atoms with Crippen molar-refractivity contribution in [2.45, 2.75) is 45.7 Å². The Balaban J connectivity index is 1.99. The summed E-state index contributed by atoms with van der Waals surface area (Å²) in [5, 5.41) is 27.4. The molecule has 0 aliphatic carbocycles. The first kappa shape index (κ1) is 28.7. The van der Waals surface area contributed by atoms with Gasteiger partial charge in [-0.1, -0.05) is 48.5 Å². The summed E-state index contributed by atoms with van der Waals surface area (Å²) in [5.74, 6) is -3.20. The van der Waals surface area contributed by atoms with E-state index in [9.17, 15) is 24.3 Å². The predicted molar refractivity (Wildman–Crippen MR) is 134 cm³/mol. The first-order chi connectivity index (χ1) is 17.1. The zero-order valence-corrected chi connectivity index (χ0v) is 20.6. The number of carboxylic acid groups (broad SMARTS) is 3. The summed E-state index contributed by atoms with van der Waals surface area (Å²) >= 11 is 0. The second-order valence-electron chi connectivity index (χ2n) is 8.92. The molecule has 0 aliphatic heterocycles. The molecular formula is C27H34N2O7. The van der Waals surface area contributed by atoms with E-state index in [4.69, 9.17) is 10.2 Å². The summed E-state index contributed by atoms with van der Waals surface area (Å²) in [6.45, 7) is 1.26. The molecule has 3 N–H and O–H groups in total. The summed E-state index contributed by atoms with van der Waals surface area (Å²) in [5.41, 5.74) is 4.08. The average molecular weight is 499 g/mol. The van der Waals surface area contributed by atoms with Gasteiger partial charge < -0.3 is 15.3 Å². The van der Waals surface area contributed by atoms with E-state index >= 15 is 0 Å². The van der Waals surface area contributed by atoms with E-state index in [1.807, 2.05) is 48.5 Å². The first-order valence-electron chi connectivity index (χ1n) is 11.9. The van der Waals surface area contributed by atoms with E-state index in [1.165, 1.54) is 11.8 Å². The molecule has 0 aliphatic rings. The van der Waals surface area contributed by atoms with Gasteiger partial charge in [-0.2, -0.15) is 0 Å². The Morgan fingerprint density at radius 1 is 0.583 bits per heavy atom. The van der Waals surface area contributed by atoms with Crippen molar-refractivity contribution in [3.05, 3.63) is 70.8 Å². The number of Topliss-reactive ketones (excluding diaryl/α,β-unsaturated/α-hetero) is 1. The third kappa shape index (κ3) is 10.8. The van der Waals surface area contributed by atoms with Crippen molar-refractivity contribution >= 4 is 23.7 Å². The lowest BCUT2D eigenvalue weighted by molar-refractivity contribution is -0.142. The second kappa shape index (κ2) is 14.8. The normalized spacial score (nSPS) is 11.1. The molecule has 9 nitrogen and oxygen atoms in total. The van der Waals surface area contributed by atoms with E-state index in [1.54, 1.807) is 4.90 Å². The molecular weight excluding hydrogens is 464 g/mol. The lowest BCUT2D eigenvalue weighted by Crippen LogP contribution is -2.34. The van der Waals surface area contributed by atoms with Crippen molar-refractivity contribution in [2.75, 3.05) is 26.2 Å². The molecule has 0 heterocycles. The van der Waals surface area contributed by atoms with Gasteiger partial charge in [0, 0.05) is 13.1 Å². The molecule has 2 aromatic rings. The van der Waals surface area contributed by atoms with E-state index in [-0.39, 0.29) is 38.5 Å². The number of nitrogens with zero attached hydrogens (tertiary/aromatic N) is 2. The lowest BCUT2D eigenvalue weighted by atomic mass is 9.97. The van der Waals surface area contributed by atoms with Crippen LogP contribution in [0.3, 0.4) is 0 Å². The van der Waals surface area contributed by atoms with Crippen molar-refractivity contribution in [3.8, 4) is 0 Å². The minimum absolute atomic E-state index is 0.0815. The van der Waals surface area contributed by atoms with Crippen LogP contribution in [0.4, 0.5) is 0 Å². The maximum absolute atomic E-state index is 11.6. The van der Waals surface area contributed by atoms with E-state index in [2.05, 4.69) is 0 Å².